The molecule has 1 N–H and O–H groups in total. The number of aryl methyl sites for hydroxylation is 3. The normalized spacial score (nSPS) is 11.2. The van der Waals surface area contributed by atoms with Crippen LogP contribution in [0.1, 0.15) is 31.0 Å². The predicted molar refractivity (Wildman–Crippen MR) is 112 cm³/mol. The Morgan fingerprint density at radius 3 is 2.48 bits per heavy atom. The van der Waals surface area contributed by atoms with E-state index in [1.54, 1.807) is 0 Å². The highest BCUT2D eigenvalue weighted by atomic mass is 16.5. The summed E-state index contributed by atoms with van der Waals surface area (Å²) in [6.45, 7) is 2.93. The lowest BCUT2D eigenvalue weighted by Crippen LogP contribution is -2.37. The Morgan fingerprint density at radius 1 is 1.03 bits per heavy atom. The number of nitrogens with zero attached hydrogens (tertiary/aromatic N) is 3. The Balaban J connectivity index is 2.17. The third-order valence-electron chi connectivity index (χ3n) is 4.90. The van der Waals surface area contributed by atoms with Gasteiger partial charge in [0.2, 0.25) is 0 Å². The molecular formula is C21H26N4O4. The largest absolute Gasteiger partial charge is 0.383 e. The monoisotopic (exact) mass is 398 g/mol. The van der Waals surface area contributed by atoms with Gasteiger partial charge in [0.25, 0.3) is 11.1 Å². The highest BCUT2D eigenvalue weighted by Gasteiger charge is 2.18. The molecule has 1 aromatic carbocycles. The molecule has 0 saturated carbocycles. The van der Waals surface area contributed by atoms with Gasteiger partial charge in [-0.25, -0.2) is 9.78 Å². The number of rotatable bonds is 9. The number of ether oxygens (including phenoxy) is 1. The molecule has 2 aromatic heterocycles. The van der Waals surface area contributed by atoms with Gasteiger partial charge in [-0.2, -0.15) is 0 Å². The van der Waals surface area contributed by atoms with E-state index in [9.17, 15) is 14.4 Å². The summed E-state index contributed by atoms with van der Waals surface area (Å²) in [6, 6.07) is 9.82. The molecule has 3 aromatic rings. The summed E-state index contributed by atoms with van der Waals surface area (Å²) in [7, 11) is 1.53. The van der Waals surface area contributed by atoms with Crippen LogP contribution < -0.4 is 16.8 Å². The van der Waals surface area contributed by atoms with Crippen LogP contribution in [0, 0.1) is 0 Å². The molecule has 0 amide bonds. The van der Waals surface area contributed by atoms with Gasteiger partial charge in [-0.15, -0.1) is 0 Å². The predicted octanol–water partition coefficient (Wildman–Crippen LogP) is 1.48. The third kappa shape index (κ3) is 4.54. The fraction of sp³-hybridized carbons (Fsp3) is 0.429. The van der Waals surface area contributed by atoms with Crippen LogP contribution in [0.4, 0.5) is 0 Å². The van der Waals surface area contributed by atoms with E-state index in [4.69, 9.17) is 4.74 Å². The number of aromatic amines is 1. The number of benzene rings is 1. The van der Waals surface area contributed by atoms with Crippen LogP contribution in [0.5, 0.6) is 0 Å². The van der Waals surface area contributed by atoms with Gasteiger partial charge in [0.1, 0.15) is 5.69 Å². The van der Waals surface area contributed by atoms with Gasteiger partial charge in [0, 0.05) is 20.2 Å². The van der Waals surface area contributed by atoms with Crippen molar-refractivity contribution in [3.05, 3.63) is 72.8 Å². The molecule has 0 spiro atoms. The van der Waals surface area contributed by atoms with Crippen molar-refractivity contribution < 1.29 is 4.74 Å². The van der Waals surface area contributed by atoms with Gasteiger partial charge in [-0.1, -0.05) is 43.7 Å². The van der Waals surface area contributed by atoms with Crippen LogP contribution in [-0.2, 0) is 30.7 Å². The molecule has 3 rings (SSSR count). The van der Waals surface area contributed by atoms with Gasteiger partial charge in [-0.3, -0.25) is 23.7 Å². The molecule has 0 atom stereocenters. The molecule has 0 saturated heterocycles. The Labute approximate surface area is 167 Å². The Morgan fingerprint density at radius 2 is 1.79 bits per heavy atom. The molecular weight excluding hydrogens is 372 g/mol. The van der Waals surface area contributed by atoms with E-state index in [0.29, 0.717) is 25.1 Å². The van der Waals surface area contributed by atoms with Crippen molar-refractivity contribution in [2.24, 2.45) is 0 Å². The van der Waals surface area contributed by atoms with Crippen molar-refractivity contribution in [1.82, 2.24) is 19.1 Å². The molecule has 0 bridgehead atoms. The number of unbranched alkanes of at least 4 members (excludes halogenated alkanes) is 1. The first-order chi connectivity index (χ1) is 14.1. The molecule has 8 nitrogen and oxygen atoms in total. The van der Waals surface area contributed by atoms with E-state index in [2.05, 4.69) is 9.97 Å². The van der Waals surface area contributed by atoms with Crippen molar-refractivity contribution in [3.8, 4) is 0 Å². The standard InChI is InChI=1S/C21H26N4O4/c1-3-4-12-25-18-17(19(26)23-21(25)28)24(13-14-29-2)20(27)16(22-18)11-10-15-8-6-5-7-9-15/h5-9H,3-4,10-14H2,1-2H3,(H,23,26,28). The third-order valence-corrected chi connectivity index (χ3v) is 4.90. The fourth-order valence-electron chi connectivity index (χ4n) is 3.33. The average molecular weight is 398 g/mol. The quantitative estimate of drug-likeness (QED) is 0.589. The van der Waals surface area contributed by atoms with Crippen LogP contribution >= 0.6 is 0 Å². The maximum Gasteiger partial charge on any atom is 0.330 e. The topological polar surface area (TPSA) is 99.0 Å². The summed E-state index contributed by atoms with van der Waals surface area (Å²) in [5.41, 5.74) is 0.371. The summed E-state index contributed by atoms with van der Waals surface area (Å²) in [4.78, 5) is 44.9. The summed E-state index contributed by atoms with van der Waals surface area (Å²) < 4.78 is 7.95. The van der Waals surface area contributed by atoms with E-state index in [1.807, 2.05) is 37.3 Å². The molecule has 2 heterocycles. The number of aromatic nitrogens is 4. The molecule has 0 radical (unpaired) electrons. The van der Waals surface area contributed by atoms with Gasteiger partial charge in [0.15, 0.2) is 11.2 Å². The highest BCUT2D eigenvalue weighted by molar-refractivity contribution is 5.69. The number of hydrogen-bond donors (Lipinski definition) is 1. The van der Waals surface area contributed by atoms with Gasteiger partial charge in [0.05, 0.1) is 6.61 Å². The maximum atomic E-state index is 13.1. The van der Waals surface area contributed by atoms with Crippen LogP contribution in [0.2, 0.25) is 0 Å². The second-order valence-electron chi connectivity index (χ2n) is 6.93. The molecule has 0 unspecified atom stereocenters. The lowest BCUT2D eigenvalue weighted by Gasteiger charge is -2.14. The minimum atomic E-state index is -0.604. The summed E-state index contributed by atoms with van der Waals surface area (Å²) in [6.07, 6.45) is 2.71. The maximum absolute atomic E-state index is 13.1. The molecule has 0 aliphatic heterocycles. The number of H-pyrrole nitrogens is 1. The van der Waals surface area contributed by atoms with Gasteiger partial charge in [-0.05, 0) is 24.8 Å². The van der Waals surface area contributed by atoms with E-state index in [1.165, 1.54) is 16.2 Å². The zero-order chi connectivity index (χ0) is 20.8. The van der Waals surface area contributed by atoms with Gasteiger partial charge >= 0.3 is 5.69 Å². The summed E-state index contributed by atoms with van der Waals surface area (Å²) in [5.74, 6) is 0. The number of methoxy groups -OCH3 is 1. The number of fused-ring (bicyclic) bond motifs is 1. The van der Waals surface area contributed by atoms with Gasteiger partial charge < -0.3 is 4.74 Å². The second-order valence-corrected chi connectivity index (χ2v) is 6.93. The fourth-order valence-corrected chi connectivity index (χ4v) is 3.33. The molecule has 0 aliphatic rings. The minimum Gasteiger partial charge on any atom is -0.383 e. The summed E-state index contributed by atoms with van der Waals surface area (Å²) >= 11 is 0. The number of hydrogen-bond acceptors (Lipinski definition) is 5. The molecule has 0 fully saturated rings. The molecule has 8 heteroatoms. The minimum absolute atomic E-state index is 0.117. The summed E-state index contributed by atoms with van der Waals surface area (Å²) in [5, 5.41) is 0. The molecule has 0 aliphatic carbocycles. The van der Waals surface area contributed by atoms with Crippen molar-refractivity contribution in [1.29, 1.82) is 0 Å². The lowest BCUT2D eigenvalue weighted by atomic mass is 10.1. The van der Waals surface area contributed by atoms with Crippen LogP contribution in [0.3, 0.4) is 0 Å². The second kappa shape index (κ2) is 9.47. The lowest BCUT2D eigenvalue weighted by molar-refractivity contribution is 0.187. The first-order valence-electron chi connectivity index (χ1n) is 9.86. The first kappa shape index (κ1) is 20.7. The van der Waals surface area contributed by atoms with E-state index in [-0.39, 0.29) is 29.9 Å². The van der Waals surface area contributed by atoms with Crippen molar-refractivity contribution in [2.45, 2.75) is 45.7 Å². The number of nitrogens with one attached hydrogen (secondary N) is 1. The van der Waals surface area contributed by atoms with E-state index in [0.717, 1.165) is 18.4 Å². The van der Waals surface area contributed by atoms with Crippen molar-refractivity contribution >= 4 is 11.2 Å². The van der Waals surface area contributed by atoms with Crippen LogP contribution in [0.25, 0.3) is 11.2 Å². The zero-order valence-corrected chi connectivity index (χ0v) is 16.8. The molecule has 29 heavy (non-hydrogen) atoms. The van der Waals surface area contributed by atoms with E-state index >= 15 is 0 Å². The van der Waals surface area contributed by atoms with Crippen molar-refractivity contribution in [2.75, 3.05) is 13.7 Å². The smallest absolute Gasteiger partial charge is 0.330 e. The van der Waals surface area contributed by atoms with Crippen LogP contribution in [0.15, 0.2) is 44.7 Å². The Hall–Kier alpha value is -3.00. The Bertz CT molecular complexity index is 1150. The zero-order valence-electron chi connectivity index (χ0n) is 16.8. The molecule has 154 valence electrons. The van der Waals surface area contributed by atoms with Crippen molar-refractivity contribution in [3.63, 3.8) is 0 Å². The Kier molecular flexibility index (Phi) is 6.77. The SMILES string of the molecule is CCCCn1c(=O)[nH]c(=O)c2c1nc(CCc1ccccc1)c(=O)n2CCOC. The van der Waals surface area contributed by atoms with Crippen LogP contribution in [-0.4, -0.2) is 32.8 Å². The van der Waals surface area contributed by atoms with E-state index < -0.39 is 11.2 Å². The highest BCUT2D eigenvalue weighted by Crippen LogP contribution is 2.09. The first-order valence-corrected chi connectivity index (χ1v) is 9.86. The average Bonchev–Trinajstić information content (AvgIpc) is 2.72.